The normalized spacial score (nSPS) is 12.6. The van der Waals surface area contributed by atoms with Crippen LogP contribution in [0.15, 0.2) is 0 Å². The van der Waals surface area contributed by atoms with E-state index in [0.29, 0.717) is 0 Å². The maximum atomic E-state index is 10.9. The molecule has 0 aliphatic rings. The van der Waals surface area contributed by atoms with Crippen molar-refractivity contribution in [1.82, 2.24) is 0 Å². The molecule has 0 saturated carbocycles. The van der Waals surface area contributed by atoms with Gasteiger partial charge in [-0.3, -0.25) is 0 Å². The number of ether oxygens (including phenoxy) is 3. The molecule has 0 spiro atoms. The van der Waals surface area contributed by atoms with Crippen molar-refractivity contribution in [2.45, 2.75) is 6.10 Å². The Balaban J connectivity index is 3.76. The Bertz CT molecular complexity index is 125. The topological polar surface area (TPSA) is 65.0 Å². The Morgan fingerprint density at radius 2 is 2.17 bits per heavy atom. The van der Waals surface area contributed by atoms with Crippen molar-refractivity contribution in [2.75, 3.05) is 34.0 Å². The smallest absolute Gasteiger partial charge is 0.337 e. The molecule has 0 heterocycles. The third-order valence-corrected chi connectivity index (χ3v) is 1.19. The summed E-state index contributed by atoms with van der Waals surface area (Å²) in [5, 5.41) is 8.42. The van der Waals surface area contributed by atoms with Gasteiger partial charge in [-0.1, -0.05) is 0 Å². The summed E-state index contributed by atoms with van der Waals surface area (Å²) in [6.45, 7) is 0.104. The lowest BCUT2D eigenvalue weighted by molar-refractivity contribution is -0.158. The fourth-order valence-electron chi connectivity index (χ4n) is 0.662. The van der Waals surface area contributed by atoms with E-state index in [2.05, 4.69) is 4.74 Å². The largest absolute Gasteiger partial charge is 0.467 e. The molecular formula is C7H14O5. The molecule has 72 valence electrons. The number of aliphatic hydroxyl groups is 1. The zero-order chi connectivity index (χ0) is 9.40. The highest BCUT2D eigenvalue weighted by molar-refractivity contribution is 5.74. The highest BCUT2D eigenvalue weighted by Crippen LogP contribution is 1.95. The second-order valence-electron chi connectivity index (χ2n) is 2.06. The summed E-state index contributed by atoms with van der Waals surface area (Å²) in [4.78, 5) is 10.9. The second kappa shape index (κ2) is 7.02. The maximum absolute atomic E-state index is 10.9. The average Bonchev–Trinajstić information content (AvgIpc) is 2.11. The Morgan fingerprint density at radius 3 is 2.58 bits per heavy atom. The Kier molecular flexibility index (Phi) is 6.64. The Hall–Kier alpha value is -0.650. The van der Waals surface area contributed by atoms with Crippen LogP contribution in [-0.2, 0) is 19.0 Å². The minimum absolute atomic E-state index is 0.100. The van der Waals surface area contributed by atoms with Gasteiger partial charge in [0.15, 0.2) is 6.10 Å². The minimum Gasteiger partial charge on any atom is -0.467 e. The first kappa shape index (κ1) is 11.4. The van der Waals surface area contributed by atoms with E-state index in [1.165, 1.54) is 14.2 Å². The summed E-state index contributed by atoms with van der Waals surface area (Å²) in [5.41, 5.74) is 0. The maximum Gasteiger partial charge on any atom is 0.337 e. The van der Waals surface area contributed by atoms with Crippen molar-refractivity contribution in [3.8, 4) is 0 Å². The molecule has 1 N–H and O–H groups in total. The van der Waals surface area contributed by atoms with E-state index >= 15 is 0 Å². The van der Waals surface area contributed by atoms with E-state index in [1.807, 2.05) is 0 Å². The zero-order valence-electron chi connectivity index (χ0n) is 7.28. The quantitative estimate of drug-likeness (QED) is 0.538. The van der Waals surface area contributed by atoms with E-state index < -0.39 is 12.1 Å². The van der Waals surface area contributed by atoms with Gasteiger partial charge in [0.2, 0.25) is 0 Å². The van der Waals surface area contributed by atoms with Gasteiger partial charge >= 0.3 is 5.97 Å². The van der Waals surface area contributed by atoms with Gasteiger partial charge in [0.05, 0.1) is 26.9 Å². The molecule has 5 heteroatoms. The number of hydrogen-bond donors (Lipinski definition) is 1. The van der Waals surface area contributed by atoms with Gasteiger partial charge in [-0.25, -0.2) is 4.79 Å². The molecule has 0 aliphatic carbocycles. The number of hydrogen-bond acceptors (Lipinski definition) is 5. The molecular weight excluding hydrogens is 164 g/mol. The lowest BCUT2D eigenvalue weighted by atomic mass is 10.4. The van der Waals surface area contributed by atoms with Crippen molar-refractivity contribution in [2.24, 2.45) is 0 Å². The predicted molar refractivity (Wildman–Crippen MR) is 40.7 cm³/mol. The third-order valence-electron chi connectivity index (χ3n) is 1.19. The molecule has 0 amide bonds. The number of aliphatic hydroxyl groups excluding tert-OH is 1. The van der Waals surface area contributed by atoms with E-state index in [-0.39, 0.29) is 19.8 Å². The number of esters is 1. The molecule has 0 aliphatic heterocycles. The molecule has 0 fully saturated rings. The van der Waals surface area contributed by atoms with Crippen LogP contribution >= 0.6 is 0 Å². The number of methoxy groups -OCH3 is 2. The predicted octanol–water partition coefficient (Wildman–Crippen LogP) is -0.817. The summed E-state index contributed by atoms with van der Waals surface area (Å²) in [7, 11) is 2.73. The van der Waals surface area contributed by atoms with Crippen LogP contribution in [0.25, 0.3) is 0 Å². The molecule has 1 unspecified atom stereocenters. The fraction of sp³-hybridized carbons (Fsp3) is 0.857. The van der Waals surface area contributed by atoms with E-state index in [1.54, 1.807) is 0 Å². The number of carbonyl (C=O) groups is 1. The van der Waals surface area contributed by atoms with E-state index in [4.69, 9.17) is 14.6 Å². The van der Waals surface area contributed by atoms with Gasteiger partial charge in [-0.05, 0) is 0 Å². The van der Waals surface area contributed by atoms with Crippen LogP contribution in [0.1, 0.15) is 0 Å². The van der Waals surface area contributed by atoms with Gasteiger partial charge in [-0.2, -0.15) is 0 Å². The molecule has 0 aromatic heterocycles. The molecule has 0 aromatic carbocycles. The molecule has 0 aromatic rings. The molecule has 0 rings (SSSR count). The third kappa shape index (κ3) is 4.27. The van der Waals surface area contributed by atoms with Gasteiger partial charge in [-0.15, -0.1) is 0 Å². The van der Waals surface area contributed by atoms with E-state index in [0.717, 1.165) is 0 Å². The molecule has 0 bridgehead atoms. The van der Waals surface area contributed by atoms with Crippen LogP contribution in [0.3, 0.4) is 0 Å². The SMILES string of the molecule is COCC(OCCO)C(=O)OC. The minimum atomic E-state index is -0.743. The van der Waals surface area contributed by atoms with Gasteiger partial charge in [0.25, 0.3) is 0 Å². The molecule has 5 nitrogen and oxygen atoms in total. The molecule has 1 atom stereocenters. The van der Waals surface area contributed by atoms with Crippen molar-refractivity contribution in [3.05, 3.63) is 0 Å². The second-order valence-corrected chi connectivity index (χ2v) is 2.06. The van der Waals surface area contributed by atoms with Crippen LogP contribution < -0.4 is 0 Å². The highest BCUT2D eigenvalue weighted by Gasteiger charge is 2.18. The Morgan fingerprint density at radius 1 is 1.50 bits per heavy atom. The number of carbonyl (C=O) groups excluding carboxylic acids is 1. The van der Waals surface area contributed by atoms with Gasteiger partial charge < -0.3 is 19.3 Å². The van der Waals surface area contributed by atoms with Crippen molar-refractivity contribution >= 4 is 5.97 Å². The van der Waals surface area contributed by atoms with Crippen molar-refractivity contribution < 1.29 is 24.1 Å². The highest BCUT2D eigenvalue weighted by atomic mass is 16.6. The average molecular weight is 178 g/mol. The monoisotopic (exact) mass is 178 g/mol. The van der Waals surface area contributed by atoms with Crippen LogP contribution in [0.2, 0.25) is 0 Å². The molecule has 0 radical (unpaired) electrons. The van der Waals surface area contributed by atoms with Crippen LogP contribution in [0, 0.1) is 0 Å². The lowest BCUT2D eigenvalue weighted by Gasteiger charge is -2.13. The first-order valence-electron chi connectivity index (χ1n) is 3.55. The summed E-state index contributed by atoms with van der Waals surface area (Å²) in [6, 6.07) is 0. The fourth-order valence-corrected chi connectivity index (χ4v) is 0.662. The zero-order valence-corrected chi connectivity index (χ0v) is 7.28. The summed E-state index contributed by atoms with van der Waals surface area (Å²) in [6.07, 6.45) is -0.743. The van der Waals surface area contributed by atoms with E-state index in [9.17, 15) is 4.79 Å². The first-order chi connectivity index (χ1) is 5.76. The van der Waals surface area contributed by atoms with Crippen molar-refractivity contribution in [3.63, 3.8) is 0 Å². The summed E-state index contributed by atoms with van der Waals surface area (Å²) in [5.74, 6) is -0.495. The van der Waals surface area contributed by atoms with Crippen LogP contribution in [-0.4, -0.2) is 51.2 Å². The Labute approximate surface area is 71.2 Å². The first-order valence-corrected chi connectivity index (χ1v) is 3.55. The number of rotatable bonds is 6. The lowest BCUT2D eigenvalue weighted by Crippen LogP contribution is -2.31. The van der Waals surface area contributed by atoms with Crippen LogP contribution in [0.4, 0.5) is 0 Å². The molecule has 0 saturated heterocycles. The summed E-state index contributed by atoms with van der Waals surface area (Å²) >= 11 is 0. The van der Waals surface area contributed by atoms with Crippen LogP contribution in [0.5, 0.6) is 0 Å². The molecule has 12 heavy (non-hydrogen) atoms. The van der Waals surface area contributed by atoms with Gasteiger partial charge in [0.1, 0.15) is 0 Å². The van der Waals surface area contributed by atoms with Crippen molar-refractivity contribution in [1.29, 1.82) is 0 Å². The van der Waals surface area contributed by atoms with Gasteiger partial charge in [0, 0.05) is 7.11 Å². The summed E-state index contributed by atoms with van der Waals surface area (Å²) < 4.78 is 14.1. The standard InChI is InChI=1S/C7H14O5/c1-10-5-6(7(9)11-2)12-4-3-8/h6,8H,3-5H2,1-2H3.